The van der Waals surface area contributed by atoms with Crippen LogP contribution in [0.4, 0.5) is 0 Å². The summed E-state index contributed by atoms with van der Waals surface area (Å²) in [5.41, 5.74) is 0.209. The summed E-state index contributed by atoms with van der Waals surface area (Å²) in [7, 11) is 1.73. The van der Waals surface area contributed by atoms with Crippen LogP contribution < -0.4 is 0 Å². The number of hydrogen-bond acceptors (Lipinski definition) is 3. The summed E-state index contributed by atoms with van der Waals surface area (Å²) in [4.78, 5) is 0. The fourth-order valence-electron chi connectivity index (χ4n) is 2.68. The molecular weight excluding hydrogens is 282 g/mol. The van der Waals surface area contributed by atoms with Gasteiger partial charge in [-0.15, -0.1) is 10.2 Å². The Hall–Kier alpha value is -0.420. The van der Waals surface area contributed by atoms with E-state index in [1.165, 1.54) is 25.7 Å². The van der Waals surface area contributed by atoms with E-state index in [2.05, 4.69) is 37.6 Å². The molecule has 0 spiro atoms. The van der Waals surface area contributed by atoms with Crippen LogP contribution in [0.2, 0.25) is 0 Å². The number of alkyl halides is 1. The lowest BCUT2D eigenvalue weighted by atomic mass is 9.88. The predicted molar refractivity (Wildman–Crippen MR) is 70.3 cm³/mol. The van der Waals surface area contributed by atoms with E-state index >= 15 is 0 Å². The molecule has 0 amide bonds. The molecule has 0 aliphatic heterocycles. The molecule has 2 rings (SSSR count). The highest BCUT2D eigenvalue weighted by atomic mass is 79.9. The second-order valence-electron chi connectivity index (χ2n) is 4.99. The fraction of sp³-hybridized carbons (Fsp3) is 0.833. The lowest BCUT2D eigenvalue weighted by molar-refractivity contribution is 0.183. The molecule has 1 aliphatic carbocycles. The fourth-order valence-corrected chi connectivity index (χ4v) is 3.09. The lowest BCUT2D eigenvalue weighted by Crippen LogP contribution is -2.24. The highest BCUT2D eigenvalue weighted by Gasteiger charge is 2.35. The third kappa shape index (κ3) is 2.55. The molecule has 0 saturated heterocycles. The van der Waals surface area contributed by atoms with Crippen molar-refractivity contribution in [1.29, 1.82) is 0 Å². The zero-order chi connectivity index (χ0) is 12.3. The Balaban J connectivity index is 2.29. The number of nitrogens with zero attached hydrogens (tertiary/aromatic N) is 3. The molecular formula is C12H20BrN3O. The Morgan fingerprint density at radius 3 is 2.65 bits per heavy atom. The number of ether oxygens (including phenoxy) is 1. The molecule has 4 nitrogen and oxygen atoms in total. The summed E-state index contributed by atoms with van der Waals surface area (Å²) in [5, 5.41) is 9.46. The molecule has 1 heterocycles. The van der Waals surface area contributed by atoms with Crippen LogP contribution in [0.1, 0.15) is 44.3 Å². The van der Waals surface area contributed by atoms with Gasteiger partial charge in [-0.1, -0.05) is 35.7 Å². The Labute approximate surface area is 111 Å². The van der Waals surface area contributed by atoms with Gasteiger partial charge >= 0.3 is 0 Å². The zero-order valence-electron chi connectivity index (χ0n) is 10.6. The number of hydrogen-bond donors (Lipinski definition) is 0. The van der Waals surface area contributed by atoms with Gasteiger partial charge in [0.15, 0.2) is 0 Å². The minimum atomic E-state index is 0.209. The third-order valence-corrected chi connectivity index (χ3v) is 4.21. The molecule has 0 aromatic carbocycles. The quantitative estimate of drug-likeness (QED) is 0.785. The smallest absolute Gasteiger partial charge is 0.143 e. The van der Waals surface area contributed by atoms with Crippen molar-refractivity contribution in [3.05, 3.63) is 11.6 Å². The summed E-state index contributed by atoms with van der Waals surface area (Å²) < 4.78 is 7.40. The molecule has 1 saturated carbocycles. The molecule has 1 fully saturated rings. The van der Waals surface area contributed by atoms with Crippen molar-refractivity contribution in [2.75, 3.05) is 13.7 Å². The van der Waals surface area contributed by atoms with Gasteiger partial charge in [0.05, 0.1) is 11.9 Å². The van der Waals surface area contributed by atoms with Gasteiger partial charge in [0.1, 0.15) is 11.6 Å². The Bertz CT molecular complexity index is 372. The minimum absolute atomic E-state index is 0.209. The zero-order valence-corrected chi connectivity index (χ0v) is 12.2. The maximum Gasteiger partial charge on any atom is 0.143 e. The topological polar surface area (TPSA) is 39.9 Å². The monoisotopic (exact) mass is 301 g/mol. The van der Waals surface area contributed by atoms with Crippen LogP contribution in [0.25, 0.3) is 0 Å². The van der Waals surface area contributed by atoms with Crippen molar-refractivity contribution in [3.8, 4) is 0 Å². The maximum atomic E-state index is 5.17. The average Bonchev–Trinajstić information content (AvgIpc) is 2.93. The van der Waals surface area contributed by atoms with Crippen LogP contribution in [0.5, 0.6) is 0 Å². The first-order valence-electron chi connectivity index (χ1n) is 6.19. The summed E-state index contributed by atoms with van der Waals surface area (Å²) in [6.07, 6.45) is 5.05. The van der Waals surface area contributed by atoms with Crippen molar-refractivity contribution < 1.29 is 4.74 Å². The summed E-state index contributed by atoms with van der Waals surface area (Å²) >= 11 is 3.48. The number of rotatable bonds is 5. The standard InChI is InChI=1S/C12H20BrN3O/c1-12(5-3-4-6-12)11-15-14-10(9-13)16(11)7-8-17-2/h3-9H2,1-2H3. The SMILES string of the molecule is COCCn1c(CBr)nnc1C1(C)CCCC1. The molecule has 1 aromatic heterocycles. The molecule has 0 atom stereocenters. The van der Waals surface area contributed by atoms with Gasteiger partial charge in [0.25, 0.3) is 0 Å². The second kappa shape index (κ2) is 5.48. The average molecular weight is 302 g/mol. The molecule has 1 aliphatic rings. The second-order valence-corrected chi connectivity index (χ2v) is 5.55. The predicted octanol–water partition coefficient (Wildman–Crippen LogP) is 2.65. The van der Waals surface area contributed by atoms with E-state index in [1.54, 1.807) is 7.11 Å². The Kier molecular flexibility index (Phi) is 4.20. The minimum Gasteiger partial charge on any atom is -0.383 e. The third-order valence-electron chi connectivity index (χ3n) is 3.71. The normalized spacial score (nSPS) is 18.8. The number of halogens is 1. The summed E-state index contributed by atoms with van der Waals surface area (Å²) in [5.74, 6) is 2.15. The van der Waals surface area contributed by atoms with Gasteiger partial charge in [-0.2, -0.15) is 0 Å². The van der Waals surface area contributed by atoms with Crippen molar-refractivity contribution in [2.24, 2.45) is 0 Å². The van der Waals surface area contributed by atoms with Gasteiger partial charge in [0.2, 0.25) is 0 Å². The van der Waals surface area contributed by atoms with Crippen LogP contribution in [0.3, 0.4) is 0 Å². The Morgan fingerprint density at radius 2 is 2.06 bits per heavy atom. The maximum absolute atomic E-state index is 5.17. The number of methoxy groups -OCH3 is 1. The molecule has 0 bridgehead atoms. The van der Waals surface area contributed by atoms with E-state index in [4.69, 9.17) is 4.74 Å². The largest absolute Gasteiger partial charge is 0.383 e. The van der Waals surface area contributed by atoms with E-state index in [1.807, 2.05) is 0 Å². The highest BCUT2D eigenvalue weighted by molar-refractivity contribution is 9.08. The molecule has 1 aromatic rings. The molecule has 96 valence electrons. The molecule has 5 heteroatoms. The molecule has 17 heavy (non-hydrogen) atoms. The van der Waals surface area contributed by atoms with E-state index in [-0.39, 0.29) is 5.41 Å². The Morgan fingerprint density at radius 1 is 1.35 bits per heavy atom. The first-order valence-corrected chi connectivity index (χ1v) is 7.31. The van der Waals surface area contributed by atoms with Crippen molar-refractivity contribution in [2.45, 2.75) is 49.9 Å². The van der Waals surface area contributed by atoms with Gasteiger partial charge in [-0.25, -0.2) is 0 Å². The summed E-state index contributed by atoms with van der Waals surface area (Å²) in [6, 6.07) is 0. The number of aromatic nitrogens is 3. The summed E-state index contributed by atoms with van der Waals surface area (Å²) in [6.45, 7) is 3.86. The molecule has 0 radical (unpaired) electrons. The van der Waals surface area contributed by atoms with E-state index in [0.717, 1.165) is 23.5 Å². The van der Waals surface area contributed by atoms with Crippen LogP contribution in [0, 0.1) is 0 Å². The van der Waals surface area contributed by atoms with Gasteiger partial charge in [0, 0.05) is 19.1 Å². The van der Waals surface area contributed by atoms with Crippen molar-refractivity contribution >= 4 is 15.9 Å². The first kappa shape index (κ1) is 13.0. The van der Waals surface area contributed by atoms with Crippen LogP contribution in [-0.2, 0) is 22.0 Å². The lowest BCUT2D eigenvalue weighted by Gasteiger charge is -2.23. The van der Waals surface area contributed by atoms with Gasteiger partial charge in [-0.05, 0) is 12.8 Å². The molecule has 0 unspecified atom stereocenters. The van der Waals surface area contributed by atoms with Crippen LogP contribution >= 0.6 is 15.9 Å². The van der Waals surface area contributed by atoms with E-state index in [9.17, 15) is 0 Å². The van der Waals surface area contributed by atoms with Crippen LogP contribution in [-0.4, -0.2) is 28.5 Å². The van der Waals surface area contributed by atoms with E-state index in [0.29, 0.717) is 6.61 Å². The van der Waals surface area contributed by atoms with Gasteiger partial charge < -0.3 is 9.30 Å². The first-order chi connectivity index (χ1) is 8.21. The van der Waals surface area contributed by atoms with E-state index < -0.39 is 0 Å². The van der Waals surface area contributed by atoms with Gasteiger partial charge in [-0.3, -0.25) is 0 Å². The van der Waals surface area contributed by atoms with Crippen LogP contribution in [0.15, 0.2) is 0 Å². The highest BCUT2D eigenvalue weighted by Crippen LogP contribution is 2.39. The van der Waals surface area contributed by atoms with Crippen molar-refractivity contribution in [3.63, 3.8) is 0 Å². The van der Waals surface area contributed by atoms with Crippen molar-refractivity contribution in [1.82, 2.24) is 14.8 Å². The molecule has 0 N–H and O–H groups in total.